The second-order valence-corrected chi connectivity index (χ2v) is 4.47. The zero-order valence-corrected chi connectivity index (χ0v) is 9.46. The maximum atomic E-state index is 11.0. The van der Waals surface area contributed by atoms with E-state index >= 15 is 0 Å². The maximum Gasteiger partial charge on any atom is 0.324 e. The zero-order chi connectivity index (χ0) is 11.3. The molecule has 2 N–H and O–H groups in total. The Morgan fingerprint density at radius 2 is 1.87 bits per heavy atom. The minimum absolute atomic E-state index is 0.352. The SMILES string of the molecule is C=C(C)C(NC1CCCCCC1)C(=O)O. The van der Waals surface area contributed by atoms with E-state index in [-0.39, 0.29) is 0 Å². The average molecular weight is 211 g/mol. The molecule has 0 aromatic rings. The lowest BCUT2D eigenvalue weighted by molar-refractivity contribution is -0.138. The van der Waals surface area contributed by atoms with Crippen LogP contribution in [0.1, 0.15) is 45.4 Å². The van der Waals surface area contributed by atoms with E-state index in [0.29, 0.717) is 11.6 Å². The number of hydrogen-bond donors (Lipinski definition) is 2. The highest BCUT2D eigenvalue weighted by atomic mass is 16.4. The van der Waals surface area contributed by atoms with Crippen LogP contribution in [0.5, 0.6) is 0 Å². The molecule has 0 aromatic carbocycles. The maximum absolute atomic E-state index is 11.0. The highest BCUT2D eigenvalue weighted by Gasteiger charge is 2.22. The van der Waals surface area contributed by atoms with Gasteiger partial charge in [0.1, 0.15) is 6.04 Å². The molecule has 0 saturated heterocycles. The van der Waals surface area contributed by atoms with Crippen molar-refractivity contribution in [2.75, 3.05) is 0 Å². The molecule has 0 heterocycles. The summed E-state index contributed by atoms with van der Waals surface area (Å²) in [5.41, 5.74) is 0.687. The first-order valence-electron chi connectivity index (χ1n) is 5.75. The molecule has 1 aliphatic carbocycles. The highest BCUT2D eigenvalue weighted by Crippen LogP contribution is 2.18. The van der Waals surface area contributed by atoms with Crippen molar-refractivity contribution in [1.29, 1.82) is 0 Å². The molecule has 1 rings (SSSR count). The molecule has 0 aromatic heterocycles. The topological polar surface area (TPSA) is 49.3 Å². The van der Waals surface area contributed by atoms with Crippen LogP contribution in [0.3, 0.4) is 0 Å². The predicted molar refractivity (Wildman–Crippen MR) is 60.9 cm³/mol. The Bertz CT molecular complexity index is 216. The van der Waals surface area contributed by atoms with E-state index in [1.807, 2.05) is 0 Å². The molecule has 0 bridgehead atoms. The first-order chi connectivity index (χ1) is 7.11. The molecule has 1 aliphatic rings. The summed E-state index contributed by atoms with van der Waals surface area (Å²) in [5.74, 6) is -0.813. The summed E-state index contributed by atoms with van der Waals surface area (Å²) < 4.78 is 0. The van der Waals surface area contributed by atoms with Crippen LogP contribution in [-0.4, -0.2) is 23.2 Å². The van der Waals surface area contributed by atoms with Gasteiger partial charge in [-0.05, 0) is 19.8 Å². The number of aliphatic carboxylic acids is 1. The molecule has 15 heavy (non-hydrogen) atoms. The Balaban J connectivity index is 2.48. The van der Waals surface area contributed by atoms with E-state index < -0.39 is 12.0 Å². The third-order valence-electron chi connectivity index (χ3n) is 3.00. The quantitative estimate of drug-likeness (QED) is 0.554. The number of carbonyl (C=O) groups is 1. The van der Waals surface area contributed by atoms with Crippen molar-refractivity contribution in [1.82, 2.24) is 5.32 Å². The third-order valence-corrected chi connectivity index (χ3v) is 3.00. The molecule has 1 unspecified atom stereocenters. The fraction of sp³-hybridized carbons (Fsp3) is 0.750. The van der Waals surface area contributed by atoms with Crippen molar-refractivity contribution >= 4 is 5.97 Å². The lowest BCUT2D eigenvalue weighted by Crippen LogP contribution is -2.43. The van der Waals surface area contributed by atoms with Crippen LogP contribution in [0.2, 0.25) is 0 Å². The smallest absolute Gasteiger partial charge is 0.324 e. The zero-order valence-electron chi connectivity index (χ0n) is 9.46. The van der Waals surface area contributed by atoms with Gasteiger partial charge >= 0.3 is 5.97 Å². The summed E-state index contributed by atoms with van der Waals surface area (Å²) in [6.45, 7) is 5.49. The summed E-state index contributed by atoms with van der Waals surface area (Å²) in [6, 6.07) is -0.224. The number of carboxylic acids is 1. The molecule has 0 radical (unpaired) electrons. The van der Waals surface area contributed by atoms with Gasteiger partial charge in [0.05, 0.1) is 0 Å². The van der Waals surface area contributed by atoms with E-state index in [9.17, 15) is 4.79 Å². The van der Waals surface area contributed by atoms with Crippen LogP contribution < -0.4 is 5.32 Å². The van der Waals surface area contributed by atoms with Gasteiger partial charge in [0, 0.05) is 6.04 Å². The Morgan fingerprint density at radius 3 is 2.27 bits per heavy atom. The van der Waals surface area contributed by atoms with Gasteiger partial charge in [-0.2, -0.15) is 0 Å². The van der Waals surface area contributed by atoms with Crippen LogP contribution in [0, 0.1) is 0 Å². The standard InChI is InChI=1S/C12H21NO2/c1-9(2)11(12(14)15)13-10-7-5-3-4-6-8-10/h10-11,13H,1,3-8H2,2H3,(H,14,15). The van der Waals surface area contributed by atoms with E-state index in [2.05, 4.69) is 11.9 Å². The second kappa shape index (κ2) is 5.91. The molecule has 1 fully saturated rings. The first-order valence-corrected chi connectivity index (χ1v) is 5.75. The Kier molecular flexibility index (Phi) is 4.82. The van der Waals surface area contributed by atoms with Crippen molar-refractivity contribution < 1.29 is 9.90 Å². The molecular formula is C12H21NO2. The Labute approximate surface area is 91.6 Å². The van der Waals surface area contributed by atoms with Crippen LogP contribution >= 0.6 is 0 Å². The molecule has 86 valence electrons. The molecule has 1 saturated carbocycles. The fourth-order valence-electron chi connectivity index (χ4n) is 2.11. The number of nitrogens with one attached hydrogen (secondary N) is 1. The summed E-state index contributed by atoms with van der Waals surface area (Å²) in [6.07, 6.45) is 7.17. The molecule has 0 amide bonds. The monoisotopic (exact) mass is 211 g/mol. The van der Waals surface area contributed by atoms with Crippen LogP contribution in [0.25, 0.3) is 0 Å². The number of carboxylic acid groups (broad SMARTS) is 1. The van der Waals surface area contributed by atoms with Gasteiger partial charge in [0.25, 0.3) is 0 Å². The normalized spacial score (nSPS) is 20.6. The van der Waals surface area contributed by atoms with Crippen molar-refractivity contribution in [3.63, 3.8) is 0 Å². The largest absolute Gasteiger partial charge is 0.480 e. The summed E-state index contributed by atoms with van der Waals surface area (Å²) in [4.78, 5) is 11.0. The minimum atomic E-state index is -0.813. The van der Waals surface area contributed by atoms with Gasteiger partial charge in [-0.15, -0.1) is 0 Å². The minimum Gasteiger partial charge on any atom is -0.480 e. The van der Waals surface area contributed by atoms with Gasteiger partial charge in [-0.3, -0.25) is 10.1 Å². The lowest BCUT2D eigenvalue weighted by atomic mass is 10.1. The Morgan fingerprint density at radius 1 is 1.33 bits per heavy atom. The summed E-state index contributed by atoms with van der Waals surface area (Å²) >= 11 is 0. The molecule has 1 atom stereocenters. The third kappa shape index (κ3) is 4.04. The van der Waals surface area contributed by atoms with E-state index in [1.165, 1.54) is 25.7 Å². The van der Waals surface area contributed by atoms with E-state index in [1.54, 1.807) is 6.92 Å². The second-order valence-electron chi connectivity index (χ2n) is 4.47. The van der Waals surface area contributed by atoms with Crippen LogP contribution in [-0.2, 0) is 4.79 Å². The predicted octanol–water partition coefficient (Wildman–Crippen LogP) is 2.33. The lowest BCUT2D eigenvalue weighted by Gasteiger charge is -2.22. The van der Waals surface area contributed by atoms with Gasteiger partial charge in [-0.25, -0.2) is 0 Å². The molecule has 0 spiro atoms. The van der Waals surface area contributed by atoms with Crippen molar-refractivity contribution in [3.05, 3.63) is 12.2 Å². The average Bonchev–Trinajstić information content (AvgIpc) is 2.41. The van der Waals surface area contributed by atoms with Crippen molar-refractivity contribution in [2.45, 2.75) is 57.5 Å². The van der Waals surface area contributed by atoms with Gasteiger partial charge in [0.2, 0.25) is 0 Å². The molecular weight excluding hydrogens is 190 g/mol. The van der Waals surface area contributed by atoms with Crippen LogP contribution in [0.4, 0.5) is 0 Å². The molecule has 0 aliphatic heterocycles. The summed E-state index contributed by atoms with van der Waals surface area (Å²) in [7, 11) is 0. The van der Waals surface area contributed by atoms with Gasteiger partial charge in [-0.1, -0.05) is 37.8 Å². The van der Waals surface area contributed by atoms with Gasteiger partial charge in [0.15, 0.2) is 0 Å². The van der Waals surface area contributed by atoms with E-state index in [0.717, 1.165) is 12.8 Å². The van der Waals surface area contributed by atoms with Crippen LogP contribution in [0.15, 0.2) is 12.2 Å². The molecule has 3 nitrogen and oxygen atoms in total. The van der Waals surface area contributed by atoms with E-state index in [4.69, 9.17) is 5.11 Å². The number of rotatable bonds is 4. The number of hydrogen-bond acceptors (Lipinski definition) is 2. The first kappa shape index (κ1) is 12.2. The van der Waals surface area contributed by atoms with Crippen molar-refractivity contribution in [3.8, 4) is 0 Å². The highest BCUT2D eigenvalue weighted by molar-refractivity contribution is 5.77. The Hall–Kier alpha value is -0.830. The van der Waals surface area contributed by atoms with Gasteiger partial charge < -0.3 is 5.11 Å². The van der Waals surface area contributed by atoms with Crippen molar-refractivity contribution in [2.24, 2.45) is 0 Å². The fourth-order valence-corrected chi connectivity index (χ4v) is 2.11. The summed E-state index contributed by atoms with van der Waals surface area (Å²) in [5, 5.41) is 12.2. The molecule has 3 heteroatoms.